The van der Waals surface area contributed by atoms with Gasteiger partial charge in [-0.05, 0) is 79.6 Å². The molecule has 1 amide bonds. The highest BCUT2D eigenvalue weighted by atomic mass is 32.2. The molecule has 1 fully saturated rings. The van der Waals surface area contributed by atoms with Gasteiger partial charge in [0.1, 0.15) is 5.75 Å². The maximum Gasteiger partial charge on any atom is 0.243 e. The first-order chi connectivity index (χ1) is 19.6. The first-order valence-corrected chi connectivity index (χ1v) is 16.5. The Kier molecular flexibility index (Phi) is 10.2. The van der Waals surface area contributed by atoms with E-state index in [9.17, 15) is 21.6 Å². The van der Waals surface area contributed by atoms with Gasteiger partial charge >= 0.3 is 0 Å². The predicted molar refractivity (Wildman–Crippen MR) is 158 cm³/mol. The molecule has 0 aromatic heterocycles. The molecule has 220 valence electrons. The predicted octanol–water partition coefficient (Wildman–Crippen LogP) is 3.38. The number of aryl methyl sites for hydroxylation is 1. The molecule has 41 heavy (non-hydrogen) atoms. The first kappa shape index (κ1) is 30.7. The van der Waals surface area contributed by atoms with Crippen molar-refractivity contribution in [3.63, 3.8) is 0 Å². The van der Waals surface area contributed by atoms with E-state index in [1.165, 1.54) is 21.8 Å². The molecule has 11 heteroatoms. The van der Waals surface area contributed by atoms with Crippen LogP contribution >= 0.6 is 0 Å². The Morgan fingerprint density at radius 2 is 1.51 bits per heavy atom. The summed E-state index contributed by atoms with van der Waals surface area (Å²) in [5.74, 6) is 0.166. The van der Waals surface area contributed by atoms with Crippen LogP contribution in [0.2, 0.25) is 0 Å². The number of ether oxygens (including phenoxy) is 1. The molecule has 0 radical (unpaired) electrons. The van der Waals surface area contributed by atoms with Gasteiger partial charge in [0, 0.05) is 26.2 Å². The van der Waals surface area contributed by atoms with E-state index in [1.54, 1.807) is 43.3 Å². The highest BCUT2D eigenvalue weighted by Gasteiger charge is 2.28. The van der Waals surface area contributed by atoms with Crippen LogP contribution in [0.1, 0.15) is 29.5 Å². The van der Waals surface area contributed by atoms with Crippen molar-refractivity contribution in [3.8, 4) is 5.75 Å². The third-order valence-corrected chi connectivity index (χ3v) is 10.9. The fourth-order valence-corrected chi connectivity index (χ4v) is 7.81. The van der Waals surface area contributed by atoms with E-state index in [4.69, 9.17) is 4.74 Å². The van der Waals surface area contributed by atoms with Crippen molar-refractivity contribution in [3.05, 3.63) is 89.5 Å². The molecule has 1 N–H and O–H groups in total. The monoisotopic (exact) mass is 599 g/mol. The summed E-state index contributed by atoms with van der Waals surface area (Å²) in [6.07, 6.45) is 2.68. The van der Waals surface area contributed by atoms with Crippen molar-refractivity contribution >= 4 is 26.0 Å². The van der Waals surface area contributed by atoms with Crippen molar-refractivity contribution in [1.82, 2.24) is 13.9 Å². The maximum absolute atomic E-state index is 13.6. The van der Waals surface area contributed by atoms with E-state index < -0.39 is 26.0 Å². The Morgan fingerprint density at radius 1 is 0.878 bits per heavy atom. The zero-order chi connectivity index (χ0) is 29.5. The van der Waals surface area contributed by atoms with Crippen molar-refractivity contribution in [1.29, 1.82) is 0 Å². The highest BCUT2D eigenvalue weighted by Crippen LogP contribution is 2.24. The SMILES string of the molecule is COc1ccc(S(=O)(=O)N(CCc2ccccc2)CC(=O)NCCc2ccc(S(=O)(=O)N3CCCC3)cc2)cc1C. The molecule has 1 aliphatic rings. The lowest BCUT2D eigenvalue weighted by atomic mass is 10.1. The molecule has 1 saturated heterocycles. The van der Waals surface area contributed by atoms with E-state index in [1.807, 2.05) is 30.3 Å². The van der Waals surface area contributed by atoms with E-state index in [0.717, 1.165) is 24.0 Å². The third kappa shape index (κ3) is 7.73. The van der Waals surface area contributed by atoms with Crippen LogP contribution in [0.4, 0.5) is 0 Å². The fraction of sp³-hybridized carbons (Fsp3) is 0.367. The van der Waals surface area contributed by atoms with Crippen LogP contribution < -0.4 is 10.1 Å². The Hall–Kier alpha value is -3.25. The Morgan fingerprint density at radius 3 is 2.15 bits per heavy atom. The summed E-state index contributed by atoms with van der Waals surface area (Å²) < 4.78 is 60.6. The van der Waals surface area contributed by atoms with Gasteiger partial charge in [-0.25, -0.2) is 16.8 Å². The third-order valence-electron chi connectivity index (χ3n) is 7.18. The van der Waals surface area contributed by atoms with Crippen LogP contribution in [0.5, 0.6) is 5.75 Å². The zero-order valence-corrected chi connectivity index (χ0v) is 25.1. The molecule has 3 aromatic rings. The Labute approximate surface area is 243 Å². The van der Waals surface area contributed by atoms with E-state index in [-0.39, 0.29) is 29.4 Å². The molecular formula is C30H37N3O6S2. The minimum absolute atomic E-state index is 0.0978. The lowest BCUT2D eigenvalue weighted by molar-refractivity contribution is -0.121. The summed E-state index contributed by atoms with van der Waals surface area (Å²) in [5.41, 5.74) is 2.52. The van der Waals surface area contributed by atoms with E-state index >= 15 is 0 Å². The molecule has 1 aliphatic heterocycles. The smallest absolute Gasteiger partial charge is 0.243 e. The average Bonchev–Trinajstić information content (AvgIpc) is 3.52. The number of nitrogens with one attached hydrogen (secondary N) is 1. The number of methoxy groups -OCH3 is 1. The van der Waals surface area contributed by atoms with Crippen LogP contribution in [0.25, 0.3) is 0 Å². The number of carbonyl (C=O) groups excluding carboxylic acids is 1. The van der Waals surface area contributed by atoms with Crippen molar-refractivity contribution in [2.75, 3.05) is 39.8 Å². The summed E-state index contributed by atoms with van der Waals surface area (Å²) >= 11 is 0. The van der Waals surface area contributed by atoms with Gasteiger partial charge in [-0.1, -0.05) is 42.5 Å². The first-order valence-electron chi connectivity index (χ1n) is 13.7. The molecule has 0 saturated carbocycles. The maximum atomic E-state index is 13.6. The summed E-state index contributed by atoms with van der Waals surface area (Å²) in [4.78, 5) is 13.3. The number of sulfonamides is 2. The van der Waals surface area contributed by atoms with Crippen LogP contribution in [-0.4, -0.2) is 71.2 Å². The van der Waals surface area contributed by atoms with Gasteiger partial charge in [0.05, 0.1) is 23.4 Å². The van der Waals surface area contributed by atoms with Crippen molar-refractivity contribution < 1.29 is 26.4 Å². The van der Waals surface area contributed by atoms with Gasteiger partial charge in [-0.3, -0.25) is 4.79 Å². The second-order valence-corrected chi connectivity index (χ2v) is 13.9. The molecule has 0 aliphatic carbocycles. The van der Waals surface area contributed by atoms with Crippen LogP contribution in [-0.2, 0) is 37.7 Å². The second-order valence-electron chi connectivity index (χ2n) is 10.1. The second kappa shape index (κ2) is 13.6. The normalized spacial score (nSPS) is 14.3. The van der Waals surface area contributed by atoms with Gasteiger partial charge in [0.15, 0.2) is 0 Å². The Balaban J connectivity index is 1.39. The quantitative estimate of drug-likeness (QED) is 0.322. The molecule has 0 spiro atoms. The molecule has 9 nitrogen and oxygen atoms in total. The lowest BCUT2D eigenvalue weighted by Crippen LogP contribution is -2.42. The molecule has 1 heterocycles. The Bertz CT molecular complexity index is 1540. The minimum atomic E-state index is -3.96. The largest absolute Gasteiger partial charge is 0.496 e. The molecule has 4 rings (SSSR count). The standard InChI is InChI=1S/C30H37N3O6S2/c1-24-22-28(14-15-29(24)39-2)41(37,38)33(21-17-25-8-4-3-5-9-25)23-30(34)31-18-16-26-10-12-27(13-11-26)40(35,36)32-19-6-7-20-32/h3-5,8-15,22H,6-7,16-21,23H2,1-2H3,(H,31,34). The number of amides is 1. The summed E-state index contributed by atoms with van der Waals surface area (Å²) in [6, 6.07) is 20.9. The summed E-state index contributed by atoms with van der Waals surface area (Å²) in [6.45, 7) is 2.96. The van der Waals surface area contributed by atoms with Gasteiger partial charge < -0.3 is 10.1 Å². The molecule has 0 atom stereocenters. The van der Waals surface area contributed by atoms with Crippen LogP contribution in [0.15, 0.2) is 82.6 Å². The van der Waals surface area contributed by atoms with Gasteiger partial charge in [0.25, 0.3) is 0 Å². The minimum Gasteiger partial charge on any atom is -0.496 e. The van der Waals surface area contributed by atoms with Gasteiger partial charge in [0.2, 0.25) is 26.0 Å². The zero-order valence-electron chi connectivity index (χ0n) is 23.5. The average molecular weight is 600 g/mol. The summed E-state index contributed by atoms with van der Waals surface area (Å²) in [5, 5.41) is 2.81. The topological polar surface area (TPSA) is 113 Å². The fourth-order valence-electron chi connectivity index (χ4n) is 4.81. The van der Waals surface area contributed by atoms with Gasteiger partial charge in [-0.15, -0.1) is 0 Å². The van der Waals surface area contributed by atoms with Crippen molar-refractivity contribution in [2.45, 2.75) is 42.4 Å². The van der Waals surface area contributed by atoms with Crippen molar-refractivity contribution in [2.24, 2.45) is 0 Å². The number of hydrogen-bond donors (Lipinski definition) is 1. The molecular weight excluding hydrogens is 562 g/mol. The lowest BCUT2D eigenvalue weighted by Gasteiger charge is -2.22. The number of rotatable bonds is 13. The summed E-state index contributed by atoms with van der Waals surface area (Å²) in [7, 11) is -5.91. The molecule has 0 bridgehead atoms. The van der Waals surface area contributed by atoms with Crippen LogP contribution in [0.3, 0.4) is 0 Å². The highest BCUT2D eigenvalue weighted by molar-refractivity contribution is 7.89. The number of carbonyl (C=O) groups is 1. The number of hydrogen-bond acceptors (Lipinski definition) is 6. The number of nitrogens with zero attached hydrogens (tertiary/aromatic N) is 2. The van der Waals surface area contributed by atoms with E-state index in [0.29, 0.717) is 37.2 Å². The molecule has 3 aromatic carbocycles. The van der Waals surface area contributed by atoms with E-state index in [2.05, 4.69) is 5.32 Å². The van der Waals surface area contributed by atoms with Crippen LogP contribution in [0, 0.1) is 6.92 Å². The number of benzene rings is 3. The van der Waals surface area contributed by atoms with Gasteiger partial charge in [-0.2, -0.15) is 8.61 Å². The molecule has 0 unspecified atom stereocenters.